The van der Waals surface area contributed by atoms with E-state index < -0.39 is 0 Å². The van der Waals surface area contributed by atoms with Gasteiger partial charge < -0.3 is 10.2 Å². The molecule has 2 aliphatic rings. The molecule has 4 heterocycles. The second kappa shape index (κ2) is 7.13. The quantitative estimate of drug-likeness (QED) is 0.724. The summed E-state index contributed by atoms with van der Waals surface area (Å²) >= 11 is 1.82. The molecule has 1 aliphatic carbocycles. The largest absolute Gasteiger partial charge is 0.354 e. The predicted octanol–water partition coefficient (Wildman–Crippen LogP) is 3.20. The molecule has 28 heavy (non-hydrogen) atoms. The highest BCUT2D eigenvalue weighted by molar-refractivity contribution is 7.19. The first-order valence-corrected chi connectivity index (χ1v) is 10.7. The first kappa shape index (κ1) is 17.6. The van der Waals surface area contributed by atoms with Gasteiger partial charge in [-0.1, -0.05) is 6.92 Å². The molecule has 5 rings (SSSR count). The number of pyridine rings is 1. The van der Waals surface area contributed by atoms with Crippen LogP contribution in [0, 0.1) is 5.92 Å². The van der Waals surface area contributed by atoms with E-state index in [9.17, 15) is 4.79 Å². The van der Waals surface area contributed by atoms with Gasteiger partial charge in [0.1, 0.15) is 10.6 Å². The Balaban J connectivity index is 1.69. The van der Waals surface area contributed by atoms with Gasteiger partial charge in [0.15, 0.2) is 5.82 Å². The van der Waals surface area contributed by atoms with Crippen LogP contribution in [0.1, 0.15) is 30.2 Å². The molecule has 1 fully saturated rings. The maximum atomic E-state index is 11.9. The van der Waals surface area contributed by atoms with E-state index in [1.54, 1.807) is 6.20 Å². The molecule has 0 unspecified atom stereocenters. The lowest BCUT2D eigenvalue weighted by Gasteiger charge is -2.24. The molecule has 0 bridgehead atoms. The zero-order valence-electron chi connectivity index (χ0n) is 15.9. The van der Waals surface area contributed by atoms with Crippen molar-refractivity contribution in [2.75, 3.05) is 24.5 Å². The summed E-state index contributed by atoms with van der Waals surface area (Å²) < 4.78 is 0. The summed E-state index contributed by atoms with van der Waals surface area (Å²) in [5.41, 5.74) is 2.35. The minimum atomic E-state index is 0.112. The molecule has 3 aromatic heterocycles. The van der Waals surface area contributed by atoms with E-state index in [-0.39, 0.29) is 5.91 Å². The minimum absolute atomic E-state index is 0.112. The molecule has 1 amide bonds. The van der Waals surface area contributed by atoms with Crippen molar-refractivity contribution in [1.82, 2.24) is 20.3 Å². The third kappa shape index (κ3) is 3.13. The fraction of sp³-hybridized carbons (Fsp3) is 0.429. The number of carbonyl (C=O) groups is 1. The van der Waals surface area contributed by atoms with Crippen LogP contribution >= 0.6 is 11.3 Å². The Hall–Kier alpha value is -2.54. The topological polar surface area (TPSA) is 71.0 Å². The molecular formula is C21H23N5OS. The van der Waals surface area contributed by atoms with Crippen molar-refractivity contribution in [3.8, 4) is 11.4 Å². The van der Waals surface area contributed by atoms with Crippen molar-refractivity contribution >= 4 is 33.3 Å². The van der Waals surface area contributed by atoms with Crippen LogP contribution in [0.15, 0.2) is 24.5 Å². The van der Waals surface area contributed by atoms with Crippen LogP contribution in [-0.2, 0) is 17.6 Å². The standard InChI is InChI=1S/C21H23N5OS/c1-13-4-5-15-16(11-13)28-21-18(15)20(26-9-6-17(27)23-8-10-26)24-19(25-21)14-3-2-7-22-12-14/h2-3,7,12-13H,4-6,8-11H2,1H3,(H,23,27)/t13-/m1/s1. The van der Waals surface area contributed by atoms with Gasteiger partial charge in [-0.05, 0) is 42.9 Å². The monoisotopic (exact) mass is 393 g/mol. The smallest absolute Gasteiger partial charge is 0.221 e. The molecule has 0 aromatic carbocycles. The van der Waals surface area contributed by atoms with Crippen molar-refractivity contribution in [1.29, 1.82) is 0 Å². The fourth-order valence-electron chi connectivity index (χ4n) is 4.15. The number of carbonyl (C=O) groups excluding carboxylic acids is 1. The van der Waals surface area contributed by atoms with Crippen LogP contribution in [0.5, 0.6) is 0 Å². The lowest BCUT2D eigenvalue weighted by Crippen LogP contribution is -2.29. The van der Waals surface area contributed by atoms with Gasteiger partial charge in [0.05, 0.1) is 5.39 Å². The molecular weight excluding hydrogens is 370 g/mol. The third-order valence-corrected chi connectivity index (χ3v) is 6.82. The highest BCUT2D eigenvalue weighted by Gasteiger charge is 2.27. The summed E-state index contributed by atoms with van der Waals surface area (Å²) in [6.45, 7) is 4.43. The number of thiophene rings is 1. The van der Waals surface area contributed by atoms with Crippen molar-refractivity contribution < 1.29 is 4.79 Å². The van der Waals surface area contributed by atoms with Gasteiger partial charge in [-0.3, -0.25) is 9.78 Å². The van der Waals surface area contributed by atoms with Crippen molar-refractivity contribution in [2.45, 2.75) is 32.6 Å². The summed E-state index contributed by atoms with van der Waals surface area (Å²) in [4.78, 5) is 30.8. The summed E-state index contributed by atoms with van der Waals surface area (Å²) in [6, 6.07) is 3.92. The van der Waals surface area contributed by atoms with Crippen LogP contribution in [0.25, 0.3) is 21.6 Å². The maximum Gasteiger partial charge on any atom is 0.221 e. The third-order valence-electron chi connectivity index (χ3n) is 5.67. The van der Waals surface area contributed by atoms with Gasteiger partial charge in [-0.2, -0.15) is 0 Å². The van der Waals surface area contributed by atoms with E-state index in [1.807, 2.05) is 29.7 Å². The lowest BCUT2D eigenvalue weighted by molar-refractivity contribution is -0.120. The fourth-order valence-corrected chi connectivity index (χ4v) is 5.53. The number of rotatable bonds is 2. The molecule has 0 radical (unpaired) electrons. The molecule has 1 atom stereocenters. The lowest BCUT2D eigenvalue weighted by atomic mass is 9.89. The Bertz CT molecular complexity index is 1030. The average molecular weight is 394 g/mol. The van der Waals surface area contributed by atoms with Gasteiger partial charge >= 0.3 is 0 Å². The van der Waals surface area contributed by atoms with E-state index in [0.29, 0.717) is 25.3 Å². The number of anilines is 1. The van der Waals surface area contributed by atoms with Crippen LogP contribution in [0.3, 0.4) is 0 Å². The Morgan fingerprint density at radius 3 is 3.04 bits per heavy atom. The number of nitrogens with one attached hydrogen (secondary N) is 1. The normalized spacial score (nSPS) is 20.0. The van der Waals surface area contributed by atoms with E-state index in [0.717, 1.165) is 41.5 Å². The van der Waals surface area contributed by atoms with E-state index in [1.165, 1.54) is 22.2 Å². The zero-order chi connectivity index (χ0) is 19.1. The van der Waals surface area contributed by atoms with E-state index in [4.69, 9.17) is 9.97 Å². The van der Waals surface area contributed by atoms with Crippen LogP contribution in [-0.4, -0.2) is 40.5 Å². The van der Waals surface area contributed by atoms with Crippen molar-refractivity contribution in [2.24, 2.45) is 5.92 Å². The summed E-state index contributed by atoms with van der Waals surface area (Å²) in [6.07, 6.45) is 7.50. The average Bonchev–Trinajstić information content (AvgIpc) is 2.93. The number of hydrogen-bond acceptors (Lipinski definition) is 6. The molecule has 0 spiro atoms. The number of aromatic nitrogens is 3. The Morgan fingerprint density at radius 1 is 1.25 bits per heavy atom. The van der Waals surface area contributed by atoms with Gasteiger partial charge in [-0.15, -0.1) is 11.3 Å². The maximum absolute atomic E-state index is 11.9. The number of nitrogens with zero attached hydrogens (tertiary/aromatic N) is 4. The molecule has 1 saturated heterocycles. The van der Waals surface area contributed by atoms with Gasteiger partial charge in [0.25, 0.3) is 0 Å². The zero-order valence-corrected chi connectivity index (χ0v) is 16.8. The minimum Gasteiger partial charge on any atom is -0.354 e. The summed E-state index contributed by atoms with van der Waals surface area (Å²) in [5.74, 6) is 2.52. The van der Waals surface area contributed by atoms with Crippen LogP contribution in [0.4, 0.5) is 5.82 Å². The van der Waals surface area contributed by atoms with Crippen LogP contribution < -0.4 is 10.2 Å². The number of hydrogen-bond donors (Lipinski definition) is 1. The first-order valence-electron chi connectivity index (χ1n) is 9.93. The van der Waals surface area contributed by atoms with E-state index in [2.05, 4.69) is 22.1 Å². The highest BCUT2D eigenvalue weighted by atomic mass is 32.1. The van der Waals surface area contributed by atoms with Crippen molar-refractivity contribution in [3.63, 3.8) is 0 Å². The van der Waals surface area contributed by atoms with Crippen LogP contribution in [0.2, 0.25) is 0 Å². The molecule has 1 N–H and O–H groups in total. The molecule has 0 saturated carbocycles. The summed E-state index contributed by atoms with van der Waals surface area (Å²) in [5, 5.41) is 4.17. The Morgan fingerprint density at radius 2 is 2.18 bits per heavy atom. The first-order chi connectivity index (χ1) is 13.7. The van der Waals surface area contributed by atoms with Gasteiger partial charge in [0.2, 0.25) is 5.91 Å². The molecule has 6 nitrogen and oxygen atoms in total. The second-order valence-corrected chi connectivity index (χ2v) is 8.82. The van der Waals surface area contributed by atoms with Crippen molar-refractivity contribution in [3.05, 3.63) is 35.0 Å². The van der Waals surface area contributed by atoms with Gasteiger partial charge in [-0.25, -0.2) is 9.97 Å². The summed E-state index contributed by atoms with van der Waals surface area (Å²) in [7, 11) is 0. The predicted molar refractivity (Wildman–Crippen MR) is 112 cm³/mol. The Kier molecular flexibility index (Phi) is 4.47. The SMILES string of the molecule is C[C@@H]1CCc2c(sc3nc(-c4cccnc4)nc(N4CCNC(=O)CC4)c23)C1. The molecule has 1 aliphatic heterocycles. The number of amides is 1. The van der Waals surface area contributed by atoms with E-state index >= 15 is 0 Å². The molecule has 7 heteroatoms. The molecule has 144 valence electrons. The highest BCUT2D eigenvalue weighted by Crippen LogP contribution is 2.42. The Labute approximate surface area is 168 Å². The number of fused-ring (bicyclic) bond motifs is 3. The molecule has 3 aromatic rings. The van der Waals surface area contributed by atoms with Gasteiger partial charge in [0, 0.05) is 48.9 Å². The number of aryl methyl sites for hydroxylation is 1. The second-order valence-electron chi connectivity index (χ2n) is 7.73.